The Bertz CT molecular complexity index is 834. The Morgan fingerprint density at radius 1 is 0.735 bits per heavy atom. The second-order valence-electron chi connectivity index (χ2n) is 9.13. The van der Waals surface area contributed by atoms with Crippen molar-refractivity contribution in [1.29, 1.82) is 0 Å². The summed E-state index contributed by atoms with van der Waals surface area (Å²) in [5, 5.41) is 9.48. The number of aromatic carboxylic acids is 1. The van der Waals surface area contributed by atoms with Crippen LogP contribution in [-0.4, -0.2) is 33.9 Å². The standard InChI is InChI=1S/C27H39NO6/c1-2-3-4-5-6-7-8-9-10-11-12-13-14-15-16-17-24(29)34-28-25(30)22-19-18-21(27(32)33)20-23(22)26(28)31/h18-20H,2-17H2,1H3,(H,32,33). The van der Waals surface area contributed by atoms with E-state index < -0.39 is 23.8 Å². The highest BCUT2D eigenvalue weighted by Gasteiger charge is 2.39. The van der Waals surface area contributed by atoms with E-state index in [0.29, 0.717) is 11.5 Å². The van der Waals surface area contributed by atoms with Crippen LogP contribution in [0.1, 0.15) is 141 Å². The van der Waals surface area contributed by atoms with Crippen molar-refractivity contribution in [3.63, 3.8) is 0 Å². The van der Waals surface area contributed by atoms with Gasteiger partial charge >= 0.3 is 11.9 Å². The number of carboxylic acids is 1. The van der Waals surface area contributed by atoms with Gasteiger partial charge in [0.25, 0.3) is 11.8 Å². The molecule has 2 rings (SSSR count). The maximum Gasteiger partial charge on any atom is 0.335 e. The van der Waals surface area contributed by atoms with E-state index in [2.05, 4.69) is 6.92 Å². The molecule has 0 unspecified atom stereocenters. The van der Waals surface area contributed by atoms with Crippen molar-refractivity contribution in [3.8, 4) is 0 Å². The molecule has 0 aromatic heterocycles. The van der Waals surface area contributed by atoms with Crippen LogP contribution in [-0.2, 0) is 9.63 Å². The average molecular weight is 474 g/mol. The molecule has 0 saturated carbocycles. The normalized spacial score (nSPS) is 12.8. The van der Waals surface area contributed by atoms with Gasteiger partial charge in [0.15, 0.2) is 0 Å². The summed E-state index contributed by atoms with van der Waals surface area (Å²) in [5.74, 6) is -3.40. The van der Waals surface area contributed by atoms with Gasteiger partial charge < -0.3 is 9.94 Å². The van der Waals surface area contributed by atoms with Crippen LogP contribution in [0.4, 0.5) is 0 Å². The molecule has 1 aromatic rings. The predicted octanol–water partition coefficient (Wildman–Crippen LogP) is 6.70. The Kier molecular flexibility index (Phi) is 12.4. The Morgan fingerprint density at radius 2 is 1.21 bits per heavy atom. The monoisotopic (exact) mass is 473 g/mol. The molecule has 7 nitrogen and oxygen atoms in total. The van der Waals surface area contributed by atoms with Crippen LogP contribution in [0.5, 0.6) is 0 Å². The maximum atomic E-state index is 12.4. The Balaban J connectivity index is 1.50. The summed E-state index contributed by atoms with van der Waals surface area (Å²) in [4.78, 5) is 52.8. The number of hydrogen-bond donors (Lipinski definition) is 1. The highest BCUT2D eigenvalue weighted by molar-refractivity contribution is 6.21. The SMILES string of the molecule is CCCCCCCCCCCCCCCCCC(=O)ON1C(=O)c2ccc(C(=O)O)cc2C1=O. The summed E-state index contributed by atoms with van der Waals surface area (Å²) in [6.45, 7) is 2.25. The first-order chi connectivity index (χ1) is 16.5. The first-order valence-electron chi connectivity index (χ1n) is 12.9. The van der Waals surface area contributed by atoms with Crippen molar-refractivity contribution < 1.29 is 29.1 Å². The van der Waals surface area contributed by atoms with E-state index >= 15 is 0 Å². The molecule has 188 valence electrons. The molecule has 1 N–H and O–H groups in total. The topological polar surface area (TPSA) is 101 Å². The number of unbranched alkanes of at least 4 members (excludes halogenated alkanes) is 14. The third-order valence-corrected chi connectivity index (χ3v) is 6.27. The van der Waals surface area contributed by atoms with Gasteiger partial charge in [-0.3, -0.25) is 9.59 Å². The molecule has 0 atom stereocenters. The number of carbonyl (C=O) groups excluding carboxylic acids is 3. The second-order valence-corrected chi connectivity index (χ2v) is 9.13. The predicted molar refractivity (Wildman–Crippen MR) is 130 cm³/mol. The molecule has 0 spiro atoms. The third kappa shape index (κ3) is 8.92. The van der Waals surface area contributed by atoms with E-state index in [1.807, 2.05) is 0 Å². The summed E-state index contributed by atoms with van der Waals surface area (Å²) < 4.78 is 0. The van der Waals surface area contributed by atoms with Crippen LogP contribution < -0.4 is 0 Å². The fraction of sp³-hybridized carbons (Fsp3) is 0.630. The minimum atomic E-state index is -1.20. The Hall–Kier alpha value is -2.70. The van der Waals surface area contributed by atoms with Gasteiger partial charge in [0, 0.05) is 6.42 Å². The van der Waals surface area contributed by atoms with Crippen LogP contribution in [0, 0.1) is 0 Å². The molecule has 0 aliphatic carbocycles. The van der Waals surface area contributed by atoms with Crippen molar-refractivity contribution in [2.75, 3.05) is 0 Å². The molecule has 34 heavy (non-hydrogen) atoms. The van der Waals surface area contributed by atoms with Gasteiger partial charge in [-0.05, 0) is 24.6 Å². The van der Waals surface area contributed by atoms with Crippen LogP contribution in [0.25, 0.3) is 0 Å². The fourth-order valence-corrected chi connectivity index (χ4v) is 4.22. The fourth-order valence-electron chi connectivity index (χ4n) is 4.22. The Labute approximate surface area is 202 Å². The number of rotatable bonds is 18. The van der Waals surface area contributed by atoms with E-state index in [9.17, 15) is 19.2 Å². The molecular formula is C27H39NO6. The van der Waals surface area contributed by atoms with E-state index in [0.717, 1.165) is 25.3 Å². The van der Waals surface area contributed by atoms with E-state index in [-0.39, 0.29) is 23.1 Å². The minimum absolute atomic E-state index is 0.0368. The zero-order chi connectivity index (χ0) is 24.8. The lowest BCUT2D eigenvalue weighted by Gasteiger charge is -2.12. The zero-order valence-corrected chi connectivity index (χ0v) is 20.5. The maximum absolute atomic E-state index is 12.4. The lowest BCUT2D eigenvalue weighted by molar-refractivity contribution is -0.168. The summed E-state index contributed by atoms with van der Waals surface area (Å²) in [7, 11) is 0. The molecule has 1 aliphatic heterocycles. The lowest BCUT2D eigenvalue weighted by atomic mass is 10.0. The largest absolute Gasteiger partial charge is 0.478 e. The second kappa shape index (κ2) is 15.3. The number of benzene rings is 1. The quantitative estimate of drug-likeness (QED) is 0.188. The van der Waals surface area contributed by atoms with Crippen molar-refractivity contribution in [3.05, 3.63) is 34.9 Å². The molecule has 7 heteroatoms. The smallest absolute Gasteiger partial charge is 0.335 e. The number of imide groups is 1. The molecular weight excluding hydrogens is 434 g/mol. The molecule has 0 fully saturated rings. The number of fused-ring (bicyclic) bond motifs is 1. The molecule has 2 amide bonds. The van der Waals surface area contributed by atoms with Gasteiger partial charge in [0.1, 0.15) is 0 Å². The summed E-state index contributed by atoms with van der Waals surface area (Å²) in [5.41, 5.74) is -0.134. The van der Waals surface area contributed by atoms with E-state index in [1.165, 1.54) is 82.8 Å². The number of nitrogens with zero attached hydrogens (tertiary/aromatic N) is 1. The first kappa shape index (κ1) is 27.5. The molecule has 1 aliphatic rings. The Morgan fingerprint density at radius 3 is 1.71 bits per heavy atom. The third-order valence-electron chi connectivity index (χ3n) is 6.27. The number of hydroxylamine groups is 2. The van der Waals surface area contributed by atoms with Crippen molar-refractivity contribution >= 4 is 23.8 Å². The van der Waals surface area contributed by atoms with E-state index in [1.54, 1.807) is 0 Å². The van der Waals surface area contributed by atoms with Gasteiger partial charge in [0.2, 0.25) is 0 Å². The number of amides is 2. The summed E-state index contributed by atoms with van der Waals surface area (Å²) in [6.07, 6.45) is 18.5. The summed E-state index contributed by atoms with van der Waals surface area (Å²) >= 11 is 0. The average Bonchev–Trinajstić information content (AvgIpc) is 3.05. The highest BCUT2D eigenvalue weighted by Crippen LogP contribution is 2.25. The van der Waals surface area contributed by atoms with E-state index in [4.69, 9.17) is 9.94 Å². The molecule has 0 saturated heterocycles. The minimum Gasteiger partial charge on any atom is -0.478 e. The lowest BCUT2D eigenvalue weighted by Crippen LogP contribution is -2.32. The van der Waals surface area contributed by atoms with Gasteiger partial charge in [-0.25, -0.2) is 9.59 Å². The highest BCUT2D eigenvalue weighted by atomic mass is 16.7. The molecule has 1 heterocycles. The number of carbonyl (C=O) groups is 4. The molecule has 0 bridgehead atoms. The van der Waals surface area contributed by atoms with Gasteiger partial charge in [-0.2, -0.15) is 0 Å². The van der Waals surface area contributed by atoms with Crippen LogP contribution in [0.2, 0.25) is 0 Å². The first-order valence-corrected chi connectivity index (χ1v) is 12.9. The van der Waals surface area contributed by atoms with Gasteiger partial charge in [-0.1, -0.05) is 102 Å². The molecule has 0 radical (unpaired) electrons. The number of hydrogen-bond acceptors (Lipinski definition) is 5. The van der Waals surface area contributed by atoms with Gasteiger partial charge in [0.05, 0.1) is 16.7 Å². The molecule has 1 aromatic carbocycles. The van der Waals surface area contributed by atoms with Gasteiger partial charge in [-0.15, -0.1) is 0 Å². The van der Waals surface area contributed by atoms with Crippen LogP contribution in [0.15, 0.2) is 18.2 Å². The van der Waals surface area contributed by atoms with Crippen molar-refractivity contribution in [2.24, 2.45) is 0 Å². The number of carboxylic acid groups (broad SMARTS) is 1. The summed E-state index contributed by atoms with van der Waals surface area (Å²) in [6, 6.07) is 3.63. The van der Waals surface area contributed by atoms with Crippen LogP contribution >= 0.6 is 0 Å². The zero-order valence-electron chi connectivity index (χ0n) is 20.5. The van der Waals surface area contributed by atoms with Crippen LogP contribution in [0.3, 0.4) is 0 Å². The van der Waals surface area contributed by atoms with Crippen molar-refractivity contribution in [2.45, 2.75) is 110 Å². The van der Waals surface area contributed by atoms with Crippen molar-refractivity contribution in [1.82, 2.24) is 5.06 Å².